The molecule has 0 spiro atoms. The highest BCUT2D eigenvalue weighted by Gasteiger charge is 2.22. The first kappa shape index (κ1) is 17.1. The molecule has 22 heavy (non-hydrogen) atoms. The lowest BCUT2D eigenvalue weighted by Gasteiger charge is -2.18. The van der Waals surface area contributed by atoms with Crippen molar-refractivity contribution in [3.05, 3.63) is 28.7 Å². The Bertz CT molecular complexity index is 489. The van der Waals surface area contributed by atoms with E-state index in [0.29, 0.717) is 5.92 Å². The van der Waals surface area contributed by atoms with Crippen molar-refractivity contribution in [2.75, 3.05) is 37.6 Å². The highest BCUT2D eigenvalue weighted by Crippen LogP contribution is 2.26. The van der Waals surface area contributed by atoms with Gasteiger partial charge in [0.15, 0.2) is 5.96 Å². The van der Waals surface area contributed by atoms with Gasteiger partial charge in [0, 0.05) is 42.9 Å². The van der Waals surface area contributed by atoms with Crippen LogP contribution in [-0.2, 0) is 0 Å². The Morgan fingerprint density at radius 1 is 1.36 bits per heavy atom. The van der Waals surface area contributed by atoms with Gasteiger partial charge in [-0.05, 0) is 43.9 Å². The lowest BCUT2D eigenvalue weighted by Crippen LogP contribution is -2.38. The molecule has 122 valence electrons. The van der Waals surface area contributed by atoms with Crippen molar-refractivity contribution in [1.29, 1.82) is 0 Å². The molecule has 1 unspecified atom stereocenters. The van der Waals surface area contributed by atoms with Gasteiger partial charge in [0.2, 0.25) is 0 Å². The number of nitrogens with one attached hydrogen (secondary N) is 2. The van der Waals surface area contributed by atoms with Crippen molar-refractivity contribution in [3.8, 4) is 0 Å². The molecule has 1 heterocycles. The van der Waals surface area contributed by atoms with Crippen LogP contribution >= 0.6 is 15.9 Å². The molecule has 1 aliphatic heterocycles. The van der Waals surface area contributed by atoms with Crippen molar-refractivity contribution < 1.29 is 0 Å². The van der Waals surface area contributed by atoms with E-state index in [1.807, 2.05) is 0 Å². The summed E-state index contributed by atoms with van der Waals surface area (Å²) in [4.78, 5) is 7.19. The van der Waals surface area contributed by atoms with E-state index < -0.39 is 0 Å². The van der Waals surface area contributed by atoms with Crippen LogP contribution in [0.1, 0.15) is 26.7 Å². The van der Waals surface area contributed by atoms with Crippen molar-refractivity contribution in [2.45, 2.75) is 26.7 Å². The molecule has 1 aliphatic rings. The maximum atomic E-state index is 4.74. The first-order valence-electron chi connectivity index (χ1n) is 8.25. The molecule has 2 rings (SSSR count). The number of anilines is 1. The third kappa shape index (κ3) is 5.20. The quantitative estimate of drug-likeness (QED) is 0.599. The molecule has 1 atom stereocenters. The van der Waals surface area contributed by atoms with Crippen LogP contribution < -0.4 is 15.5 Å². The number of rotatable bonds is 6. The molecule has 0 bridgehead atoms. The van der Waals surface area contributed by atoms with E-state index in [2.05, 4.69) is 69.6 Å². The number of hydrogen-bond donors (Lipinski definition) is 2. The number of aliphatic imine (C=N–C) groups is 1. The molecule has 0 amide bonds. The van der Waals surface area contributed by atoms with Gasteiger partial charge in [-0.2, -0.15) is 0 Å². The summed E-state index contributed by atoms with van der Waals surface area (Å²) in [6, 6.07) is 8.55. The maximum absolute atomic E-state index is 4.74. The number of hydrogen-bond acceptors (Lipinski definition) is 2. The average molecular weight is 367 g/mol. The normalized spacial score (nSPS) is 18.6. The molecule has 1 aromatic rings. The Labute approximate surface area is 142 Å². The number of benzene rings is 1. The largest absolute Gasteiger partial charge is 0.371 e. The van der Waals surface area contributed by atoms with Gasteiger partial charge in [0.25, 0.3) is 0 Å². The van der Waals surface area contributed by atoms with E-state index in [9.17, 15) is 0 Å². The van der Waals surface area contributed by atoms with Gasteiger partial charge in [-0.25, -0.2) is 0 Å². The maximum Gasteiger partial charge on any atom is 0.191 e. The summed E-state index contributed by atoms with van der Waals surface area (Å²) in [7, 11) is 0. The minimum absolute atomic E-state index is 0.635. The second kappa shape index (κ2) is 9.03. The van der Waals surface area contributed by atoms with Gasteiger partial charge in [0.1, 0.15) is 0 Å². The molecular weight excluding hydrogens is 340 g/mol. The lowest BCUT2D eigenvalue weighted by molar-refractivity contribution is 0.599. The molecule has 0 aliphatic carbocycles. The van der Waals surface area contributed by atoms with E-state index in [1.54, 1.807) is 0 Å². The monoisotopic (exact) mass is 366 g/mol. The van der Waals surface area contributed by atoms with Gasteiger partial charge in [-0.1, -0.05) is 28.9 Å². The Balaban J connectivity index is 1.87. The summed E-state index contributed by atoms with van der Waals surface area (Å²) in [5, 5.41) is 6.67. The Morgan fingerprint density at radius 2 is 2.23 bits per heavy atom. The van der Waals surface area contributed by atoms with Crippen molar-refractivity contribution in [2.24, 2.45) is 10.9 Å². The van der Waals surface area contributed by atoms with Gasteiger partial charge >= 0.3 is 0 Å². The van der Waals surface area contributed by atoms with E-state index in [-0.39, 0.29) is 0 Å². The fraction of sp³-hybridized carbons (Fsp3) is 0.588. The SMILES string of the molecule is CCCNC(=NCC1CCN(c2cccc(Br)c2)C1)NCC. The molecule has 0 saturated carbocycles. The molecule has 1 saturated heterocycles. The third-order valence-electron chi connectivity index (χ3n) is 3.85. The van der Waals surface area contributed by atoms with E-state index in [4.69, 9.17) is 4.99 Å². The van der Waals surface area contributed by atoms with Crippen LogP contribution in [0.3, 0.4) is 0 Å². The standard InChI is InChI=1S/C17H27BrN4/c1-3-9-20-17(19-4-2)21-12-14-8-10-22(13-14)16-7-5-6-15(18)11-16/h5-7,11,14H,3-4,8-10,12-13H2,1-2H3,(H2,19,20,21). The zero-order valence-corrected chi connectivity index (χ0v) is 15.2. The molecule has 5 heteroatoms. The van der Waals surface area contributed by atoms with E-state index in [0.717, 1.165) is 49.6 Å². The second-order valence-electron chi connectivity index (χ2n) is 5.73. The molecule has 0 radical (unpaired) electrons. The second-order valence-corrected chi connectivity index (χ2v) is 6.64. The highest BCUT2D eigenvalue weighted by atomic mass is 79.9. The van der Waals surface area contributed by atoms with Gasteiger partial charge in [0.05, 0.1) is 0 Å². The van der Waals surface area contributed by atoms with Crippen LogP contribution in [0.25, 0.3) is 0 Å². The highest BCUT2D eigenvalue weighted by molar-refractivity contribution is 9.10. The Morgan fingerprint density at radius 3 is 2.95 bits per heavy atom. The zero-order valence-electron chi connectivity index (χ0n) is 13.6. The Kier molecular flexibility index (Phi) is 7.03. The predicted octanol–water partition coefficient (Wildman–Crippen LogP) is 3.24. The van der Waals surface area contributed by atoms with Crippen LogP contribution in [0.5, 0.6) is 0 Å². The van der Waals surface area contributed by atoms with E-state index in [1.165, 1.54) is 12.1 Å². The van der Waals surface area contributed by atoms with Crippen molar-refractivity contribution >= 4 is 27.6 Å². The van der Waals surface area contributed by atoms with Crippen LogP contribution in [0, 0.1) is 5.92 Å². The molecular formula is C17H27BrN4. The first-order chi connectivity index (χ1) is 10.7. The fourth-order valence-corrected chi connectivity index (χ4v) is 3.08. The Hall–Kier alpha value is -1.23. The number of guanidine groups is 1. The summed E-state index contributed by atoms with van der Waals surface area (Å²) in [6.45, 7) is 9.26. The van der Waals surface area contributed by atoms with E-state index >= 15 is 0 Å². The summed E-state index contributed by atoms with van der Waals surface area (Å²) >= 11 is 3.55. The lowest BCUT2D eigenvalue weighted by atomic mass is 10.1. The van der Waals surface area contributed by atoms with Crippen LogP contribution in [0.4, 0.5) is 5.69 Å². The van der Waals surface area contributed by atoms with Gasteiger partial charge in [-0.3, -0.25) is 4.99 Å². The number of nitrogens with zero attached hydrogens (tertiary/aromatic N) is 2. The summed E-state index contributed by atoms with van der Waals surface area (Å²) in [5.74, 6) is 1.58. The number of halogens is 1. The van der Waals surface area contributed by atoms with Crippen LogP contribution in [0.15, 0.2) is 33.7 Å². The molecule has 2 N–H and O–H groups in total. The summed E-state index contributed by atoms with van der Waals surface area (Å²) < 4.78 is 1.14. The third-order valence-corrected chi connectivity index (χ3v) is 4.35. The first-order valence-corrected chi connectivity index (χ1v) is 9.05. The average Bonchev–Trinajstić information content (AvgIpc) is 2.99. The van der Waals surface area contributed by atoms with Gasteiger partial charge < -0.3 is 15.5 Å². The molecule has 1 aromatic carbocycles. The summed E-state index contributed by atoms with van der Waals surface area (Å²) in [5.41, 5.74) is 1.30. The summed E-state index contributed by atoms with van der Waals surface area (Å²) in [6.07, 6.45) is 2.33. The zero-order chi connectivity index (χ0) is 15.8. The minimum Gasteiger partial charge on any atom is -0.371 e. The van der Waals surface area contributed by atoms with Gasteiger partial charge in [-0.15, -0.1) is 0 Å². The molecule has 4 nitrogen and oxygen atoms in total. The molecule has 0 aromatic heterocycles. The smallest absolute Gasteiger partial charge is 0.191 e. The van der Waals surface area contributed by atoms with Crippen LogP contribution in [0.2, 0.25) is 0 Å². The van der Waals surface area contributed by atoms with Crippen LogP contribution in [-0.4, -0.2) is 38.7 Å². The molecule has 1 fully saturated rings. The van der Waals surface area contributed by atoms with Crippen molar-refractivity contribution in [1.82, 2.24) is 10.6 Å². The predicted molar refractivity (Wildman–Crippen MR) is 98.7 cm³/mol. The topological polar surface area (TPSA) is 39.7 Å². The fourth-order valence-electron chi connectivity index (χ4n) is 2.69. The van der Waals surface area contributed by atoms with Crippen molar-refractivity contribution in [3.63, 3.8) is 0 Å². The minimum atomic E-state index is 0.635.